The van der Waals surface area contributed by atoms with Crippen LogP contribution in [0.3, 0.4) is 0 Å². The first-order chi connectivity index (χ1) is 7.20. The number of imide groups is 1. The Morgan fingerprint density at radius 1 is 1.33 bits per heavy atom. The lowest BCUT2D eigenvalue weighted by Crippen LogP contribution is -2.41. The summed E-state index contributed by atoms with van der Waals surface area (Å²) in [7, 11) is 1.54. The zero-order chi connectivity index (χ0) is 10.8. The van der Waals surface area contributed by atoms with Gasteiger partial charge in [0, 0.05) is 25.9 Å². The van der Waals surface area contributed by atoms with E-state index in [1.54, 1.807) is 12.4 Å². The molecular formula is C11H12N2O2. The molecule has 2 rings (SSSR count). The number of carbonyl (C=O) groups is 2. The minimum absolute atomic E-state index is 0.0923. The summed E-state index contributed by atoms with van der Waals surface area (Å²) >= 11 is 0. The van der Waals surface area contributed by atoms with Gasteiger partial charge >= 0.3 is 0 Å². The fourth-order valence-electron chi connectivity index (χ4n) is 1.82. The molecule has 4 nitrogen and oxygen atoms in total. The maximum atomic E-state index is 11.8. The third kappa shape index (κ3) is 1.75. The van der Waals surface area contributed by atoms with Gasteiger partial charge in [0.1, 0.15) is 0 Å². The molecule has 1 aliphatic rings. The molecule has 1 aliphatic heterocycles. The van der Waals surface area contributed by atoms with E-state index in [4.69, 9.17) is 0 Å². The Morgan fingerprint density at radius 2 is 2.00 bits per heavy atom. The Bertz CT molecular complexity index is 389. The first-order valence-electron chi connectivity index (χ1n) is 4.90. The molecule has 1 aromatic rings. The molecule has 0 radical (unpaired) electrons. The van der Waals surface area contributed by atoms with Crippen LogP contribution in [0.1, 0.15) is 24.3 Å². The van der Waals surface area contributed by atoms with Gasteiger partial charge in [-0.15, -0.1) is 0 Å². The summed E-state index contributed by atoms with van der Waals surface area (Å²) in [5.41, 5.74) is 0.939. The highest BCUT2D eigenvalue weighted by Gasteiger charge is 2.32. The van der Waals surface area contributed by atoms with Crippen molar-refractivity contribution in [3.8, 4) is 0 Å². The van der Waals surface area contributed by atoms with E-state index < -0.39 is 0 Å². The molecule has 0 N–H and O–H groups in total. The number of hydrogen-bond acceptors (Lipinski definition) is 3. The van der Waals surface area contributed by atoms with Crippen molar-refractivity contribution in [1.29, 1.82) is 0 Å². The average molecular weight is 204 g/mol. The van der Waals surface area contributed by atoms with Gasteiger partial charge in [-0.05, 0) is 24.1 Å². The summed E-state index contributed by atoms with van der Waals surface area (Å²) in [4.78, 5) is 28.2. The Hall–Kier alpha value is -1.71. The molecule has 0 bridgehead atoms. The van der Waals surface area contributed by atoms with E-state index in [0.717, 1.165) is 5.56 Å². The monoisotopic (exact) mass is 204 g/mol. The maximum Gasteiger partial charge on any atom is 0.236 e. The number of hydrogen-bond donors (Lipinski definition) is 0. The topological polar surface area (TPSA) is 50.3 Å². The number of nitrogens with zero attached hydrogens (tertiary/aromatic N) is 2. The molecule has 1 aromatic heterocycles. The number of rotatable bonds is 1. The summed E-state index contributed by atoms with van der Waals surface area (Å²) in [6.45, 7) is 0. The smallest absolute Gasteiger partial charge is 0.236 e. The summed E-state index contributed by atoms with van der Waals surface area (Å²) in [6.07, 6.45) is 4.37. The van der Waals surface area contributed by atoms with Gasteiger partial charge in [0.05, 0.1) is 5.92 Å². The molecule has 1 unspecified atom stereocenters. The summed E-state index contributed by atoms with van der Waals surface area (Å²) in [5.74, 6) is -0.390. The number of amides is 2. The van der Waals surface area contributed by atoms with Crippen molar-refractivity contribution in [2.24, 2.45) is 0 Å². The van der Waals surface area contributed by atoms with Crippen LogP contribution in [0, 0.1) is 0 Å². The van der Waals surface area contributed by atoms with Crippen LogP contribution < -0.4 is 0 Å². The fourth-order valence-corrected chi connectivity index (χ4v) is 1.82. The van der Waals surface area contributed by atoms with Gasteiger partial charge < -0.3 is 0 Å². The average Bonchev–Trinajstić information content (AvgIpc) is 2.27. The van der Waals surface area contributed by atoms with Crippen molar-refractivity contribution in [3.63, 3.8) is 0 Å². The van der Waals surface area contributed by atoms with E-state index in [-0.39, 0.29) is 17.7 Å². The van der Waals surface area contributed by atoms with Crippen LogP contribution >= 0.6 is 0 Å². The van der Waals surface area contributed by atoms with E-state index in [9.17, 15) is 9.59 Å². The highest BCUT2D eigenvalue weighted by molar-refractivity contribution is 6.00. The zero-order valence-corrected chi connectivity index (χ0v) is 8.51. The van der Waals surface area contributed by atoms with E-state index in [1.165, 1.54) is 11.9 Å². The Morgan fingerprint density at radius 3 is 2.67 bits per heavy atom. The van der Waals surface area contributed by atoms with Crippen LogP contribution in [-0.4, -0.2) is 28.7 Å². The molecule has 2 heterocycles. The molecule has 78 valence electrons. The van der Waals surface area contributed by atoms with Crippen LogP contribution in [0.5, 0.6) is 0 Å². The number of aromatic nitrogens is 1. The minimum Gasteiger partial charge on any atom is -0.285 e. The second kappa shape index (κ2) is 3.81. The molecular weight excluding hydrogens is 192 g/mol. The first kappa shape index (κ1) is 9.83. The van der Waals surface area contributed by atoms with Gasteiger partial charge in [-0.3, -0.25) is 19.5 Å². The van der Waals surface area contributed by atoms with Crippen LogP contribution in [0.4, 0.5) is 0 Å². The molecule has 1 atom stereocenters. The van der Waals surface area contributed by atoms with Gasteiger partial charge in [0.15, 0.2) is 0 Å². The van der Waals surface area contributed by atoms with Crippen LogP contribution in [0.25, 0.3) is 0 Å². The van der Waals surface area contributed by atoms with Crippen molar-refractivity contribution in [3.05, 3.63) is 30.1 Å². The van der Waals surface area contributed by atoms with Gasteiger partial charge in [0.2, 0.25) is 11.8 Å². The SMILES string of the molecule is CN1C(=O)CCC(c2ccncc2)C1=O. The number of likely N-dealkylation sites (tertiary alicyclic amines) is 1. The number of carbonyl (C=O) groups excluding carboxylic acids is 2. The largest absolute Gasteiger partial charge is 0.285 e. The second-order valence-corrected chi connectivity index (χ2v) is 3.66. The van der Waals surface area contributed by atoms with Crippen LogP contribution in [-0.2, 0) is 9.59 Å². The normalized spacial score (nSPS) is 21.9. The van der Waals surface area contributed by atoms with E-state index in [2.05, 4.69) is 4.98 Å². The van der Waals surface area contributed by atoms with E-state index >= 15 is 0 Å². The van der Waals surface area contributed by atoms with Crippen molar-refractivity contribution < 1.29 is 9.59 Å². The van der Waals surface area contributed by atoms with Gasteiger partial charge in [0.25, 0.3) is 0 Å². The lowest BCUT2D eigenvalue weighted by atomic mass is 9.90. The van der Waals surface area contributed by atoms with Crippen molar-refractivity contribution in [2.45, 2.75) is 18.8 Å². The number of likely N-dealkylation sites (N-methyl/N-ethyl adjacent to an activating group) is 1. The maximum absolute atomic E-state index is 11.8. The molecule has 0 aliphatic carbocycles. The van der Waals surface area contributed by atoms with Crippen molar-refractivity contribution in [1.82, 2.24) is 9.88 Å². The zero-order valence-electron chi connectivity index (χ0n) is 8.51. The quantitative estimate of drug-likeness (QED) is 0.640. The molecule has 0 saturated carbocycles. The standard InChI is InChI=1S/C11H12N2O2/c1-13-10(14)3-2-9(11(13)15)8-4-6-12-7-5-8/h4-7,9H,2-3H2,1H3. The third-order valence-electron chi connectivity index (χ3n) is 2.76. The minimum atomic E-state index is -0.185. The molecule has 1 fully saturated rings. The highest BCUT2D eigenvalue weighted by atomic mass is 16.2. The fraction of sp³-hybridized carbons (Fsp3) is 0.364. The van der Waals surface area contributed by atoms with Crippen molar-refractivity contribution >= 4 is 11.8 Å². The summed E-state index contributed by atoms with van der Waals surface area (Å²) in [6, 6.07) is 3.65. The van der Waals surface area contributed by atoms with Gasteiger partial charge in [-0.1, -0.05) is 0 Å². The predicted octanol–water partition coefficient (Wildman–Crippen LogP) is 0.944. The first-order valence-corrected chi connectivity index (χ1v) is 4.90. The third-order valence-corrected chi connectivity index (χ3v) is 2.76. The molecule has 0 spiro atoms. The highest BCUT2D eigenvalue weighted by Crippen LogP contribution is 2.27. The van der Waals surface area contributed by atoms with Crippen LogP contribution in [0.15, 0.2) is 24.5 Å². The number of piperidine rings is 1. The second-order valence-electron chi connectivity index (χ2n) is 3.66. The lowest BCUT2D eigenvalue weighted by Gasteiger charge is -2.27. The Balaban J connectivity index is 2.25. The van der Waals surface area contributed by atoms with Gasteiger partial charge in [-0.25, -0.2) is 0 Å². The summed E-state index contributed by atoms with van der Waals surface area (Å²) < 4.78 is 0. The molecule has 1 saturated heterocycles. The lowest BCUT2D eigenvalue weighted by molar-refractivity contribution is -0.147. The summed E-state index contributed by atoms with van der Waals surface area (Å²) in [5, 5.41) is 0. The Labute approximate surface area is 87.9 Å². The van der Waals surface area contributed by atoms with E-state index in [1.807, 2.05) is 12.1 Å². The molecule has 15 heavy (non-hydrogen) atoms. The Kier molecular flexibility index (Phi) is 2.49. The van der Waals surface area contributed by atoms with Crippen molar-refractivity contribution in [2.75, 3.05) is 7.05 Å². The molecule has 4 heteroatoms. The number of pyridine rings is 1. The molecule has 0 aromatic carbocycles. The molecule has 2 amide bonds. The van der Waals surface area contributed by atoms with E-state index in [0.29, 0.717) is 12.8 Å². The van der Waals surface area contributed by atoms with Crippen LogP contribution in [0.2, 0.25) is 0 Å². The predicted molar refractivity (Wildman–Crippen MR) is 54.0 cm³/mol. The van der Waals surface area contributed by atoms with Gasteiger partial charge in [-0.2, -0.15) is 0 Å².